The Labute approximate surface area is 179 Å². The molecule has 0 aromatic rings. The van der Waals surface area contributed by atoms with Crippen LogP contribution in [0.1, 0.15) is 98.3 Å². The molecule has 4 aliphatic carbocycles. The first-order valence-electron chi connectivity index (χ1n) is 12.8. The van der Waals surface area contributed by atoms with E-state index < -0.39 is 0 Å². The summed E-state index contributed by atoms with van der Waals surface area (Å²) in [5.41, 5.74) is 2.56. The molecule has 9 atom stereocenters. The van der Waals surface area contributed by atoms with E-state index in [-0.39, 0.29) is 6.10 Å². The molecule has 4 rings (SSSR count). The predicted molar refractivity (Wildman–Crippen MR) is 120 cm³/mol. The highest BCUT2D eigenvalue weighted by Gasteiger charge is 2.61. The van der Waals surface area contributed by atoms with Crippen LogP contribution in [0.4, 0.5) is 0 Å². The minimum atomic E-state index is -0.112. The van der Waals surface area contributed by atoms with Crippen LogP contribution in [0.5, 0.6) is 0 Å². The first-order chi connectivity index (χ1) is 13.8. The maximum absolute atomic E-state index is 11.2. The quantitative estimate of drug-likeness (QED) is 0.507. The molecule has 3 fully saturated rings. The van der Waals surface area contributed by atoms with Crippen LogP contribution < -0.4 is 0 Å². The maximum Gasteiger partial charge on any atom is 0.0579 e. The highest BCUT2D eigenvalue weighted by molar-refractivity contribution is 5.24. The topological polar surface area (TPSA) is 40.5 Å². The second kappa shape index (κ2) is 8.30. The van der Waals surface area contributed by atoms with Gasteiger partial charge in [-0.1, -0.05) is 58.6 Å². The van der Waals surface area contributed by atoms with Crippen LogP contribution in [-0.4, -0.2) is 22.9 Å². The number of aliphatic hydroxyl groups is 2. The van der Waals surface area contributed by atoms with Crippen LogP contribution in [0.15, 0.2) is 11.6 Å². The Bertz CT molecular complexity index is 612. The largest absolute Gasteiger partial charge is 0.396 e. The Balaban J connectivity index is 1.50. The smallest absolute Gasteiger partial charge is 0.0579 e. The van der Waals surface area contributed by atoms with Gasteiger partial charge in [-0.05, 0) is 97.7 Å². The molecule has 0 aliphatic heterocycles. The van der Waals surface area contributed by atoms with E-state index in [1.54, 1.807) is 5.57 Å². The zero-order chi connectivity index (χ0) is 20.8. The van der Waals surface area contributed by atoms with Gasteiger partial charge in [-0.3, -0.25) is 0 Å². The number of aliphatic hydroxyl groups excluding tert-OH is 2. The van der Waals surface area contributed by atoms with E-state index in [9.17, 15) is 10.2 Å². The third kappa shape index (κ3) is 3.65. The number of rotatable bonds is 6. The van der Waals surface area contributed by atoms with Gasteiger partial charge in [0.1, 0.15) is 0 Å². The van der Waals surface area contributed by atoms with Crippen molar-refractivity contribution in [3.63, 3.8) is 0 Å². The monoisotopic (exact) mass is 402 g/mol. The Morgan fingerprint density at radius 3 is 2.66 bits per heavy atom. The minimum absolute atomic E-state index is 0.112. The Kier molecular flexibility index (Phi) is 6.26. The zero-order valence-electron chi connectivity index (χ0n) is 19.5. The average molecular weight is 403 g/mol. The summed E-state index contributed by atoms with van der Waals surface area (Å²) in [5.74, 6) is 3.81. The summed E-state index contributed by atoms with van der Waals surface area (Å²) in [6, 6.07) is 0. The van der Waals surface area contributed by atoms with Gasteiger partial charge in [-0.2, -0.15) is 0 Å². The van der Waals surface area contributed by atoms with Gasteiger partial charge in [0, 0.05) is 6.61 Å². The van der Waals surface area contributed by atoms with Gasteiger partial charge in [0.2, 0.25) is 0 Å². The van der Waals surface area contributed by atoms with E-state index >= 15 is 0 Å². The predicted octanol–water partition coefficient (Wildman–Crippen LogP) is 6.36. The molecule has 0 heterocycles. The Hall–Kier alpha value is -0.340. The number of allylic oxidation sites excluding steroid dienone is 2. The molecule has 2 nitrogen and oxygen atoms in total. The van der Waals surface area contributed by atoms with Gasteiger partial charge in [-0.15, -0.1) is 0 Å². The van der Waals surface area contributed by atoms with Crippen LogP contribution >= 0.6 is 0 Å². The van der Waals surface area contributed by atoms with E-state index in [0.29, 0.717) is 41.1 Å². The molecule has 0 radical (unpaired) electrons. The molecule has 0 amide bonds. The average Bonchev–Trinajstić information content (AvgIpc) is 2.97. The molecule has 3 saturated carbocycles. The molecule has 2 N–H and O–H groups in total. The second-order valence-electron chi connectivity index (χ2n) is 12.0. The van der Waals surface area contributed by atoms with Crippen LogP contribution in [0.3, 0.4) is 0 Å². The van der Waals surface area contributed by atoms with Crippen LogP contribution in [-0.2, 0) is 0 Å². The summed E-state index contributed by atoms with van der Waals surface area (Å²) >= 11 is 0. The fourth-order valence-corrected chi connectivity index (χ4v) is 8.84. The lowest BCUT2D eigenvalue weighted by Gasteiger charge is -2.58. The fourth-order valence-electron chi connectivity index (χ4n) is 8.84. The first-order valence-corrected chi connectivity index (χ1v) is 12.8. The Morgan fingerprint density at radius 1 is 1.10 bits per heavy atom. The summed E-state index contributed by atoms with van der Waals surface area (Å²) in [6.45, 7) is 9.98. The molecule has 2 unspecified atom stereocenters. The fraction of sp³-hybridized carbons (Fsp3) is 0.926. The van der Waals surface area contributed by atoms with Crippen molar-refractivity contribution in [1.29, 1.82) is 0 Å². The second-order valence-corrected chi connectivity index (χ2v) is 12.0. The molecule has 0 aromatic heterocycles. The molecule has 166 valence electrons. The molecule has 2 heteroatoms. The van der Waals surface area contributed by atoms with Crippen molar-refractivity contribution in [1.82, 2.24) is 0 Å². The number of hydrogen-bond donors (Lipinski definition) is 2. The molecule has 29 heavy (non-hydrogen) atoms. The lowest BCUT2D eigenvalue weighted by atomic mass is 9.47. The molecule has 0 spiro atoms. The van der Waals surface area contributed by atoms with Crippen molar-refractivity contribution < 1.29 is 10.2 Å². The minimum Gasteiger partial charge on any atom is -0.396 e. The van der Waals surface area contributed by atoms with Crippen LogP contribution in [0.25, 0.3) is 0 Å². The third-order valence-electron chi connectivity index (χ3n) is 10.4. The zero-order valence-corrected chi connectivity index (χ0v) is 19.5. The summed E-state index contributed by atoms with van der Waals surface area (Å²) in [4.78, 5) is 0. The van der Waals surface area contributed by atoms with Crippen molar-refractivity contribution >= 4 is 0 Å². The first kappa shape index (κ1) is 21.9. The summed E-state index contributed by atoms with van der Waals surface area (Å²) < 4.78 is 0. The van der Waals surface area contributed by atoms with Crippen molar-refractivity contribution in [2.24, 2.45) is 46.3 Å². The lowest BCUT2D eigenvalue weighted by molar-refractivity contribution is -0.0559. The van der Waals surface area contributed by atoms with Crippen molar-refractivity contribution in [3.05, 3.63) is 11.6 Å². The normalized spacial score (nSPS) is 46.3. The highest BCUT2D eigenvalue weighted by atomic mass is 16.3. The van der Waals surface area contributed by atoms with E-state index in [1.807, 2.05) is 0 Å². The van der Waals surface area contributed by atoms with Crippen LogP contribution in [0, 0.1) is 46.3 Å². The van der Waals surface area contributed by atoms with Gasteiger partial charge < -0.3 is 10.2 Å². The van der Waals surface area contributed by atoms with Gasteiger partial charge in [0.25, 0.3) is 0 Å². The van der Waals surface area contributed by atoms with E-state index in [2.05, 4.69) is 33.8 Å². The Morgan fingerprint density at radius 2 is 1.90 bits per heavy atom. The summed E-state index contributed by atoms with van der Waals surface area (Å²) in [6.07, 6.45) is 16.6. The van der Waals surface area contributed by atoms with E-state index in [1.165, 1.54) is 57.8 Å². The van der Waals surface area contributed by atoms with E-state index in [0.717, 1.165) is 24.7 Å². The molecule has 4 aliphatic rings. The SMILES string of the molecule is CC(CCC[C@@H](C)CO)C1[C@@H](O)C[C@H]2[C@@H]3CC=C4CCCC[C@]4(C)[C@H]3CC[C@]12C. The molecule has 0 aromatic carbocycles. The highest BCUT2D eigenvalue weighted by Crippen LogP contribution is 2.67. The summed E-state index contributed by atoms with van der Waals surface area (Å²) in [5, 5.41) is 20.6. The maximum atomic E-state index is 11.2. The van der Waals surface area contributed by atoms with Gasteiger partial charge >= 0.3 is 0 Å². The van der Waals surface area contributed by atoms with Gasteiger partial charge in [-0.25, -0.2) is 0 Å². The van der Waals surface area contributed by atoms with Crippen molar-refractivity contribution in [3.8, 4) is 0 Å². The van der Waals surface area contributed by atoms with Crippen molar-refractivity contribution in [2.75, 3.05) is 6.61 Å². The molecular formula is C27H46O2. The lowest BCUT2D eigenvalue weighted by Crippen LogP contribution is -2.50. The van der Waals surface area contributed by atoms with E-state index in [4.69, 9.17) is 0 Å². The molecular weight excluding hydrogens is 356 g/mol. The van der Waals surface area contributed by atoms with Crippen molar-refractivity contribution in [2.45, 2.75) is 104 Å². The van der Waals surface area contributed by atoms with Gasteiger partial charge in [0.05, 0.1) is 6.10 Å². The third-order valence-corrected chi connectivity index (χ3v) is 10.4. The standard InChI is InChI=1S/C27H46O2/c1-18(17-28)8-7-9-19(2)25-24(29)16-23-21-12-11-20-10-5-6-14-26(20,3)22(21)13-15-27(23,25)4/h11,18-19,21-25,28-29H,5-10,12-17H2,1-4H3/t18-,19?,21-,22+,23+,24+,25?,26+,27+/m1/s1. The van der Waals surface area contributed by atoms with Crippen LogP contribution in [0.2, 0.25) is 0 Å². The number of fused-ring (bicyclic) bond motifs is 5. The molecule has 0 bridgehead atoms. The summed E-state index contributed by atoms with van der Waals surface area (Å²) in [7, 11) is 0. The van der Waals surface area contributed by atoms with Gasteiger partial charge in [0.15, 0.2) is 0 Å². The number of hydrogen-bond acceptors (Lipinski definition) is 2. The molecule has 0 saturated heterocycles.